The van der Waals surface area contributed by atoms with Gasteiger partial charge in [-0.2, -0.15) is 5.26 Å². The van der Waals surface area contributed by atoms with Crippen LogP contribution in [0.1, 0.15) is 46.5 Å². The van der Waals surface area contributed by atoms with Crippen molar-refractivity contribution in [2.24, 2.45) is 0 Å². The highest BCUT2D eigenvalue weighted by Gasteiger charge is 2.39. The van der Waals surface area contributed by atoms with Gasteiger partial charge >= 0.3 is 6.09 Å². The van der Waals surface area contributed by atoms with Crippen LogP contribution in [-0.2, 0) is 9.47 Å². The Kier molecular flexibility index (Phi) is 5.30. The third kappa shape index (κ3) is 4.59. The minimum absolute atomic E-state index is 0.183. The monoisotopic (exact) mass is 309 g/mol. The number of ether oxygens (including phenoxy) is 2. The van der Waals surface area contributed by atoms with Crippen molar-refractivity contribution in [1.29, 1.82) is 5.26 Å². The van der Waals surface area contributed by atoms with Gasteiger partial charge in [0.1, 0.15) is 11.1 Å². The standard InChI is InChI=1S/C16H27N3O3/c1-15(2,3)22-14(20)19-8-5-7-16(11-17,12-19)18-10-13-6-4-9-21-13/h13,18H,4-10,12H2,1-3H3. The van der Waals surface area contributed by atoms with Gasteiger partial charge in [-0.15, -0.1) is 0 Å². The van der Waals surface area contributed by atoms with Gasteiger partial charge in [0.05, 0.1) is 18.7 Å². The molecule has 1 N–H and O–H groups in total. The fraction of sp³-hybridized carbons (Fsp3) is 0.875. The van der Waals surface area contributed by atoms with Gasteiger partial charge in [-0.3, -0.25) is 5.32 Å². The zero-order valence-electron chi connectivity index (χ0n) is 13.9. The van der Waals surface area contributed by atoms with Crippen LogP contribution in [0.15, 0.2) is 0 Å². The molecule has 2 rings (SSSR count). The van der Waals surface area contributed by atoms with Gasteiger partial charge in [0.2, 0.25) is 0 Å². The molecule has 6 nitrogen and oxygen atoms in total. The van der Waals surface area contributed by atoms with Crippen LogP contribution in [0.25, 0.3) is 0 Å². The molecule has 2 aliphatic heterocycles. The van der Waals surface area contributed by atoms with E-state index in [1.807, 2.05) is 20.8 Å². The quantitative estimate of drug-likeness (QED) is 0.863. The average molecular weight is 309 g/mol. The third-order valence-electron chi connectivity index (χ3n) is 4.05. The van der Waals surface area contributed by atoms with Crippen molar-refractivity contribution < 1.29 is 14.3 Å². The maximum atomic E-state index is 12.2. The summed E-state index contributed by atoms with van der Waals surface area (Å²) < 4.78 is 11.0. The second-order valence-electron chi connectivity index (χ2n) is 7.22. The van der Waals surface area contributed by atoms with E-state index in [0.717, 1.165) is 32.3 Å². The molecule has 2 heterocycles. The van der Waals surface area contributed by atoms with E-state index >= 15 is 0 Å². The van der Waals surface area contributed by atoms with E-state index in [1.54, 1.807) is 4.90 Å². The normalized spacial score (nSPS) is 29.2. The minimum atomic E-state index is -0.693. The van der Waals surface area contributed by atoms with Crippen LogP contribution in [0.5, 0.6) is 0 Å². The Hall–Kier alpha value is -1.32. The number of hydrogen-bond donors (Lipinski definition) is 1. The maximum Gasteiger partial charge on any atom is 0.410 e. The Bertz CT molecular complexity index is 435. The van der Waals surface area contributed by atoms with E-state index in [2.05, 4.69) is 11.4 Å². The molecule has 0 radical (unpaired) electrons. The molecule has 2 unspecified atom stereocenters. The zero-order chi connectivity index (χ0) is 16.2. The van der Waals surface area contributed by atoms with Crippen molar-refractivity contribution in [3.05, 3.63) is 0 Å². The Morgan fingerprint density at radius 3 is 2.86 bits per heavy atom. The van der Waals surface area contributed by atoms with Gasteiger partial charge in [0.25, 0.3) is 0 Å². The van der Waals surface area contributed by atoms with E-state index in [-0.39, 0.29) is 12.2 Å². The van der Waals surface area contributed by atoms with Crippen LogP contribution >= 0.6 is 0 Å². The number of likely N-dealkylation sites (tertiary alicyclic amines) is 1. The molecule has 0 spiro atoms. The van der Waals surface area contributed by atoms with E-state index in [4.69, 9.17) is 9.47 Å². The summed E-state index contributed by atoms with van der Waals surface area (Å²) in [5.41, 5.74) is -1.21. The Morgan fingerprint density at radius 1 is 1.50 bits per heavy atom. The van der Waals surface area contributed by atoms with Crippen LogP contribution in [0, 0.1) is 11.3 Å². The molecule has 124 valence electrons. The van der Waals surface area contributed by atoms with Crippen molar-refractivity contribution >= 4 is 6.09 Å². The lowest BCUT2D eigenvalue weighted by atomic mass is 9.90. The van der Waals surface area contributed by atoms with Gasteiger partial charge in [0, 0.05) is 19.7 Å². The second kappa shape index (κ2) is 6.84. The summed E-state index contributed by atoms with van der Waals surface area (Å²) in [5, 5.41) is 13.0. The first-order valence-electron chi connectivity index (χ1n) is 8.09. The lowest BCUT2D eigenvalue weighted by Gasteiger charge is -2.39. The first-order chi connectivity index (χ1) is 10.3. The highest BCUT2D eigenvalue weighted by atomic mass is 16.6. The van der Waals surface area contributed by atoms with Crippen molar-refractivity contribution in [3.63, 3.8) is 0 Å². The number of nitrogens with one attached hydrogen (secondary N) is 1. The number of nitrogens with zero attached hydrogens (tertiary/aromatic N) is 2. The molecule has 2 fully saturated rings. The fourth-order valence-electron chi connectivity index (χ4n) is 2.93. The molecule has 0 aromatic carbocycles. The van der Waals surface area contributed by atoms with Crippen molar-refractivity contribution in [2.45, 2.75) is 63.7 Å². The van der Waals surface area contributed by atoms with Crippen LogP contribution in [0.2, 0.25) is 0 Å². The van der Waals surface area contributed by atoms with Gasteiger partial charge < -0.3 is 14.4 Å². The molecule has 2 atom stereocenters. The van der Waals surface area contributed by atoms with Crippen molar-refractivity contribution in [1.82, 2.24) is 10.2 Å². The molecule has 0 aromatic heterocycles. The minimum Gasteiger partial charge on any atom is -0.444 e. The van der Waals surface area contributed by atoms with Gasteiger partial charge in [-0.1, -0.05) is 0 Å². The SMILES string of the molecule is CC(C)(C)OC(=O)N1CCCC(C#N)(NCC2CCCO2)C1. The topological polar surface area (TPSA) is 74.6 Å². The van der Waals surface area contributed by atoms with Crippen LogP contribution in [-0.4, -0.2) is 54.5 Å². The molecule has 2 aliphatic rings. The summed E-state index contributed by atoms with van der Waals surface area (Å²) in [6, 6.07) is 2.37. The molecule has 6 heteroatoms. The molecule has 2 saturated heterocycles. The number of carbonyl (C=O) groups is 1. The second-order valence-corrected chi connectivity index (χ2v) is 7.22. The van der Waals surface area contributed by atoms with Crippen LogP contribution in [0.3, 0.4) is 0 Å². The first kappa shape index (κ1) is 17.0. The number of piperidine rings is 1. The molecule has 0 aliphatic carbocycles. The molecule has 0 aromatic rings. The summed E-state index contributed by atoms with van der Waals surface area (Å²) in [7, 11) is 0. The molecule has 0 saturated carbocycles. The number of nitriles is 1. The largest absolute Gasteiger partial charge is 0.444 e. The lowest BCUT2D eigenvalue weighted by Crippen LogP contribution is -2.59. The van der Waals surface area contributed by atoms with Gasteiger partial charge in [-0.25, -0.2) is 4.79 Å². The Morgan fingerprint density at radius 2 is 2.27 bits per heavy atom. The predicted octanol–water partition coefficient (Wildman–Crippen LogP) is 2.05. The summed E-state index contributed by atoms with van der Waals surface area (Å²) in [6.07, 6.45) is 3.49. The molecular weight excluding hydrogens is 282 g/mol. The molecular formula is C16H27N3O3. The summed E-state index contributed by atoms with van der Waals surface area (Å²) in [5.74, 6) is 0. The summed E-state index contributed by atoms with van der Waals surface area (Å²) >= 11 is 0. The zero-order valence-corrected chi connectivity index (χ0v) is 13.9. The van der Waals surface area contributed by atoms with E-state index in [1.165, 1.54) is 0 Å². The molecule has 1 amide bonds. The van der Waals surface area contributed by atoms with Gasteiger partial charge in [-0.05, 0) is 46.5 Å². The molecule has 22 heavy (non-hydrogen) atoms. The van der Waals surface area contributed by atoms with Crippen molar-refractivity contribution in [2.75, 3.05) is 26.2 Å². The number of hydrogen-bond acceptors (Lipinski definition) is 5. The van der Waals surface area contributed by atoms with E-state index in [9.17, 15) is 10.1 Å². The predicted molar refractivity (Wildman–Crippen MR) is 82.4 cm³/mol. The first-order valence-corrected chi connectivity index (χ1v) is 8.09. The maximum absolute atomic E-state index is 12.2. The number of rotatable bonds is 3. The van der Waals surface area contributed by atoms with Crippen LogP contribution in [0.4, 0.5) is 4.79 Å². The summed E-state index contributed by atoms with van der Waals surface area (Å²) in [6.45, 7) is 8.02. The summed E-state index contributed by atoms with van der Waals surface area (Å²) in [4.78, 5) is 13.9. The highest BCUT2D eigenvalue weighted by Crippen LogP contribution is 2.23. The molecule has 0 bridgehead atoms. The van der Waals surface area contributed by atoms with Crippen molar-refractivity contribution in [3.8, 4) is 6.07 Å². The van der Waals surface area contributed by atoms with E-state index < -0.39 is 11.1 Å². The Labute approximate surface area is 132 Å². The number of carbonyl (C=O) groups excluding carboxylic acids is 1. The van der Waals surface area contributed by atoms with Gasteiger partial charge in [0.15, 0.2) is 0 Å². The Balaban J connectivity index is 1.93. The fourth-order valence-corrected chi connectivity index (χ4v) is 2.93. The third-order valence-corrected chi connectivity index (χ3v) is 4.05. The highest BCUT2D eigenvalue weighted by molar-refractivity contribution is 5.68. The lowest BCUT2D eigenvalue weighted by molar-refractivity contribution is 0.0139. The number of amides is 1. The van der Waals surface area contributed by atoms with E-state index in [0.29, 0.717) is 19.6 Å². The smallest absolute Gasteiger partial charge is 0.410 e. The van der Waals surface area contributed by atoms with Crippen LogP contribution < -0.4 is 5.32 Å². The average Bonchev–Trinajstić information content (AvgIpc) is 2.97.